The van der Waals surface area contributed by atoms with Gasteiger partial charge in [0.05, 0.1) is 12.7 Å². The van der Waals surface area contributed by atoms with Crippen molar-refractivity contribution < 1.29 is 13.5 Å². The summed E-state index contributed by atoms with van der Waals surface area (Å²) in [5.74, 6) is -1.06. The van der Waals surface area contributed by atoms with E-state index in [1.807, 2.05) is 13.8 Å². The molecular weight excluding hydrogens is 224 g/mol. The molecule has 0 aliphatic rings. The summed E-state index contributed by atoms with van der Waals surface area (Å²) in [6.45, 7) is 4.40. The molecule has 0 aromatic heterocycles. The van der Waals surface area contributed by atoms with Crippen LogP contribution in [0.4, 0.5) is 8.78 Å². The van der Waals surface area contributed by atoms with Crippen LogP contribution in [0.25, 0.3) is 0 Å². The number of benzene rings is 1. The van der Waals surface area contributed by atoms with Crippen LogP contribution in [-0.4, -0.2) is 25.8 Å². The fourth-order valence-electron chi connectivity index (χ4n) is 1.51. The van der Waals surface area contributed by atoms with Gasteiger partial charge in [0.25, 0.3) is 0 Å². The smallest absolute Gasteiger partial charge is 0.129 e. The number of rotatable bonds is 6. The van der Waals surface area contributed by atoms with Crippen LogP contribution in [0.3, 0.4) is 0 Å². The Hall–Kier alpha value is -1.00. The van der Waals surface area contributed by atoms with Crippen molar-refractivity contribution in [1.82, 2.24) is 5.32 Å². The monoisotopic (exact) mass is 243 g/mol. The fourth-order valence-corrected chi connectivity index (χ4v) is 1.51. The van der Waals surface area contributed by atoms with Gasteiger partial charge in [-0.15, -0.1) is 0 Å². The maximum absolute atomic E-state index is 13.4. The number of nitrogens with one attached hydrogen (secondary N) is 1. The maximum Gasteiger partial charge on any atom is 0.129 e. The molecule has 0 amide bonds. The molecule has 2 nitrogen and oxygen atoms in total. The van der Waals surface area contributed by atoms with Gasteiger partial charge in [-0.3, -0.25) is 0 Å². The quantitative estimate of drug-likeness (QED) is 0.829. The predicted octanol–water partition coefficient (Wildman–Crippen LogP) is 2.52. The molecule has 0 radical (unpaired) electrons. The molecule has 0 aliphatic heterocycles. The van der Waals surface area contributed by atoms with Crippen LogP contribution < -0.4 is 5.32 Å². The lowest BCUT2D eigenvalue weighted by Gasteiger charge is -2.18. The van der Waals surface area contributed by atoms with Gasteiger partial charge < -0.3 is 10.1 Å². The summed E-state index contributed by atoms with van der Waals surface area (Å²) in [6, 6.07) is 3.68. The first-order valence-corrected chi connectivity index (χ1v) is 5.75. The molecule has 0 bridgehead atoms. The van der Waals surface area contributed by atoms with Crippen molar-refractivity contribution in [1.29, 1.82) is 0 Å². The second kappa shape index (κ2) is 6.67. The average Bonchev–Trinajstić information content (AvgIpc) is 2.26. The highest BCUT2D eigenvalue weighted by molar-refractivity contribution is 5.19. The lowest BCUT2D eigenvalue weighted by atomic mass is 10.1. The Balaban J connectivity index is 2.60. The van der Waals surface area contributed by atoms with Crippen molar-refractivity contribution in [3.63, 3.8) is 0 Å². The molecule has 1 aromatic carbocycles. The third kappa shape index (κ3) is 4.79. The van der Waals surface area contributed by atoms with Crippen molar-refractivity contribution >= 4 is 0 Å². The second-order valence-corrected chi connectivity index (χ2v) is 4.31. The van der Waals surface area contributed by atoms with Crippen LogP contribution in [-0.2, 0) is 11.2 Å². The highest BCUT2D eigenvalue weighted by atomic mass is 19.1. The average molecular weight is 243 g/mol. The van der Waals surface area contributed by atoms with Crippen LogP contribution in [0.5, 0.6) is 0 Å². The van der Waals surface area contributed by atoms with Crippen LogP contribution in [0.2, 0.25) is 0 Å². The highest BCUT2D eigenvalue weighted by Crippen LogP contribution is 2.12. The second-order valence-electron chi connectivity index (χ2n) is 4.31. The summed E-state index contributed by atoms with van der Waals surface area (Å²) >= 11 is 0. The molecule has 0 aliphatic carbocycles. The Morgan fingerprint density at radius 2 is 2.00 bits per heavy atom. The van der Waals surface area contributed by atoms with Gasteiger partial charge in [-0.2, -0.15) is 0 Å². The number of hydrogen-bond donors (Lipinski definition) is 1. The fraction of sp³-hybridized carbons (Fsp3) is 0.538. The minimum atomic E-state index is -0.550. The van der Waals surface area contributed by atoms with Gasteiger partial charge in [0.15, 0.2) is 0 Å². The first kappa shape index (κ1) is 14.1. The summed E-state index contributed by atoms with van der Waals surface area (Å²) in [5, 5.41) is 3.06. The first-order chi connectivity index (χ1) is 8.02. The highest BCUT2D eigenvalue weighted by Gasteiger charge is 2.12. The van der Waals surface area contributed by atoms with E-state index in [1.165, 1.54) is 12.1 Å². The van der Waals surface area contributed by atoms with Crippen molar-refractivity contribution in [2.45, 2.75) is 32.4 Å². The van der Waals surface area contributed by atoms with Gasteiger partial charge in [0, 0.05) is 12.1 Å². The topological polar surface area (TPSA) is 21.3 Å². The van der Waals surface area contributed by atoms with Gasteiger partial charge in [-0.25, -0.2) is 8.78 Å². The van der Waals surface area contributed by atoms with Crippen molar-refractivity contribution in [3.05, 3.63) is 35.4 Å². The Labute approximate surface area is 101 Å². The van der Waals surface area contributed by atoms with Gasteiger partial charge >= 0.3 is 0 Å². The first-order valence-electron chi connectivity index (χ1n) is 5.75. The van der Waals surface area contributed by atoms with Crippen molar-refractivity contribution in [3.8, 4) is 0 Å². The lowest BCUT2D eigenvalue weighted by Crippen LogP contribution is -2.33. The van der Waals surface area contributed by atoms with Crippen LogP contribution in [0.15, 0.2) is 18.2 Å². The summed E-state index contributed by atoms with van der Waals surface area (Å²) in [7, 11) is 1.80. The molecule has 0 saturated heterocycles. The van der Waals surface area contributed by atoms with E-state index in [1.54, 1.807) is 7.05 Å². The van der Waals surface area contributed by atoms with E-state index in [2.05, 4.69) is 5.32 Å². The minimum absolute atomic E-state index is 0.0253. The van der Waals surface area contributed by atoms with E-state index in [4.69, 9.17) is 4.74 Å². The molecular formula is C13H19F2NO. The predicted molar refractivity (Wildman–Crippen MR) is 64.0 cm³/mol. The van der Waals surface area contributed by atoms with E-state index in [0.717, 1.165) is 6.07 Å². The van der Waals surface area contributed by atoms with Crippen molar-refractivity contribution in [2.75, 3.05) is 13.7 Å². The molecule has 1 atom stereocenters. The van der Waals surface area contributed by atoms with Gasteiger partial charge in [0.2, 0.25) is 0 Å². The van der Waals surface area contributed by atoms with Gasteiger partial charge in [-0.1, -0.05) is 6.07 Å². The van der Waals surface area contributed by atoms with Gasteiger partial charge in [-0.05, 0) is 38.9 Å². The number of ether oxygens (including phenoxy) is 1. The maximum atomic E-state index is 13.4. The summed E-state index contributed by atoms with van der Waals surface area (Å²) in [6.07, 6.45) is 0.624. The molecule has 17 heavy (non-hydrogen) atoms. The Morgan fingerprint density at radius 3 is 2.53 bits per heavy atom. The van der Waals surface area contributed by atoms with Gasteiger partial charge in [0.1, 0.15) is 11.6 Å². The molecule has 1 unspecified atom stereocenters. The summed E-state index contributed by atoms with van der Waals surface area (Å²) < 4.78 is 31.6. The summed E-state index contributed by atoms with van der Waals surface area (Å²) in [4.78, 5) is 0. The SMILES string of the molecule is CNC(COC(C)C)Cc1ccc(F)cc1F. The molecule has 96 valence electrons. The van der Waals surface area contributed by atoms with E-state index >= 15 is 0 Å². The molecule has 1 rings (SSSR count). The normalized spacial score (nSPS) is 13.1. The zero-order valence-electron chi connectivity index (χ0n) is 10.5. The van der Waals surface area contributed by atoms with E-state index in [0.29, 0.717) is 18.6 Å². The zero-order chi connectivity index (χ0) is 12.8. The number of likely N-dealkylation sites (N-methyl/N-ethyl adjacent to an activating group) is 1. The standard InChI is InChI=1S/C13H19F2NO/c1-9(2)17-8-12(16-3)6-10-4-5-11(14)7-13(10)15/h4-5,7,9,12,16H,6,8H2,1-3H3. The van der Waals surface area contributed by atoms with Crippen LogP contribution >= 0.6 is 0 Å². The molecule has 1 N–H and O–H groups in total. The number of hydrogen-bond acceptors (Lipinski definition) is 2. The molecule has 0 heterocycles. The Bertz CT molecular complexity index is 355. The molecule has 4 heteroatoms. The summed E-state index contributed by atoms with van der Waals surface area (Å²) in [5.41, 5.74) is 0.498. The van der Waals surface area contributed by atoms with Crippen molar-refractivity contribution in [2.24, 2.45) is 0 Å². The minimum Gasteiger partial charge on any atom is -0.377 e. The Kier molecular flexibility index (Phi) is 5.51. The van der Waals surface area contributed by atoms with E-state index < -0.39 is 11.6 Å². The molecule has 1 aromatic rings. The largest absolute Gasteiger partial charge is 0.377 e. The Morgan fingerprint density at radius 1 is 1.29 bits per heavy atom. The third-order valence-electron chi connectivity index (χ3n) is 2.52. The third-order valence-corrected chi connectivity index (χ3v) is 2.52. The zero-order valence-corrected chi connectivity index (χ0v) is 10.5. The molecule has 0 spiro atoms. The lowest BCUT2D eigenvalue weighted by molar-refractivity contribution is 0.0626. The molecule has 0 saturated carbocycles. The van der Waals surface area contributed by atoms with Crippen LogP contribution in [0.1, 0.15) is 19.4 Å². The van der Waals surface area contributed by atoms with Crippen LogP contribution in [0, 0.1) is 11.6 Å². The van der Waals surface area contributed by atoms with E-state index in [-0.39, 0.29) is 12.1 Å². The number of halogens is 2. The molecule has 0 fully saturated rings. The van der Waals surface area contributed by atoms with E-state index in [9.17, 15) is 8.78 Å².